The van der Waals surface area contributed by atoms with Gasteiger partial charge in [-0.1, -0.05) is 18.2 Å². The van der Waals surface area contributed by atoms with Gasteiger partial charge in [0.05, 0.1) is 7.11 Å². The van der Waals surface area contributed by atoms with Gasteiger partial charge < -0.3 is 14.6 Å². The number of fused-ring (bicyclic) bond motifs is 1. The molecule has 2 heterocycles. The zero-order valence-corrected chi connectivity index (χ0v) is 10.3. The Morgan fingerprint density at radius 3 is 3.06 bits per heavy atom. The first kappa shape index (κ1) is 11.1. The van der Waals surface area contributed by atoms with Crippen LogP contribution in [0.2, 0.25) is 0 Å². The van der Waals surface area contributed by atoms with Gasteiger partial charge in [0, 0.05) is 17.4 Å². The zero-order valence-electron chi connectivity index (χ0n) is 10.3. The number of aromatic nitrogens is 1. The number of carbonyl (C=O) groups excluding carboxylic acids is 1. The normalized spacial score (nSPS) is 19.4. The van der Waals surface area contributed by atoms with Gasteiger partial charge in [0.25, 0.3) is 0 Å². The standard InChI is InChI=1S/C14H16N2O2/c1-18-14(17)12-7-4-8-16(12)13-9-10-5-2-3-6-11(10)15-13/h2-3,5-6,9,12,15H,4,7-8H2,1H3/t12-/m0/s1. The largest absolute Gasteiger partial charge is 0.467 e. The van der Waals surface area contributed by atoms with Crippen molar-refractivity contribution in [2.75, 3.05) is 18.6 Å². The lowest BCUT2D eigenvalue weighted by Gasteiger charge is -2.22. The molecule has 2 aromatic rings. The van der Waals surface area contributed by atoms with Crippen LogP contribution in [0, 0.1) is 0 Å². The summed E-state index contributed by atoms with van der Waals surface area (Å²) in [6.07, 6.45) is 1.89. The fourth-order valence-electron chi connectivity index (χ4n) is 2.65. The van der Waals surface area contributed by atoms with E-state index in [2.05, 4.69) is 22.0 Å². The van der Waals surface area contributed by atoms with Gasteiger partial charge in [-0.2, -0.15) is 0 Å². The molecule has 0 spiro atoms. The predicted octanol–water partition coefficient (Wildman–Crippen LogP) is 2.31. The van der Waals surface area contributed by atoms with E-state index in [9.17, 15) is 4.79 Å². The van der Waals surface area contributed by atoms with Gasteiger partial charge in [0.1, 0.15) is 11.9 Å². The lowest BCUT2D eigenvalue weighted by molar-refractivity contribution is -0.141. The fraction of sp³-hybridized carbons (Fsp3) is 0.357. The third-order valence-electron chi connectivity index (χ3n) is 3.55. The second kappa shape index (κ2) is 4.37. The van der Waals surface area contributed by atoms with Crippen LogP contribution in [0.5, 0.6) is 0 Å². The maximum absolute atomic E-state index is 11.7. The number of hydrogen-bond donors (Lipinski definition) is 1. The molecular weight excluding hydrogens is 228 g/mol. The Balaban J connectivity index is 1.95. The van der Waals surface area contributed by atoms with E-state index in [1.165, 1.54) is 12.5 Å². The van der Waals surface area contributed by atoms with Crippen molar-refractivity contribution < 1.29 is 9.53 Å². The number of carbonyl (C=O) groups is 1. The first-order valence-corrected chi connectivity index (χ1v) is 6.22. The van der Waals surface area contributed by atoms with Gasteiger partial charge in [-0.3, -0.25) is 0 Å². The summed E-state index contributed by atoms with van der Waals surface area (Å²) in [6.45, 7) is 0.895. The highest BCUT2D eigenvalue weighted by Crippen LogP contribution is 2.28. The van der Waals surface area contributed by atoms with Gasteiger partial charge in [0.2, 0.25) is 0 Å². The summed E-state index contributed by atoms with van der Waals surface area (Å²) in [4.78, 5) is 17.2. The van der Waals surface area contributed by atoms with Crippen LogP contribution in [0.1, 0.15) is 12.8 Å². The van der Waals surface area contributed by atoms with Gasteiger partial charge in [-0.05, 0) is 25.0 Å². The summed E-state index contributed by atoms with van der Waals surface area (Å²) < 4.78 is 4.87. The monoisotopic (exact) mass is 244 g/mol. The molecule has 0 aliphatic carbocycles. The fourth-order valence-corrected chi connectivity index (χ4v) is 2.65. The lowest BCUT2D eigenvalue weighted by atomic mass is 10.2. The minimum absolute atomic E-state index is 0.147. The number of benzene rings is 1. The predicted molar refractivity (Wildman–Crippen MR) is 70.7 cm³/mol. The second-order valence-corrected chi connectivity index (χ2v) is 4.62. The van der Waals surface area contributed by atoms with E-state index in [0.717, 1.165) is 30.7 Å². The van der Waals surface area contributed by atoms with Crippen LogP contribution in [-0.4, -0.2) is 30.6 Å². The van der Waals surface area contributed by atoms with E-state index in [-0.39, 0.29) is 12.0 Å². The van der Waals surface area contributed by atoms with Crippen molar-refractivity contribution in [2.45, 2.75) is 18.9 Å². The van der Waals surface area contributed by atoms with E-state index in [4.69, 9.17) is 4.74 Å². The minimum Gasteiger partial charge on any atom is -0.467 e. The average Bonchev–Trinajstić information content (AvgIpc) is 3.03. The molecule has 0 unspecified atom stereocenters. The average molecular weight is 244 g/mol. The number of aromatic amines is 1. The topological polar surface area (TPSA) is 45.3 Å². The number of esters is 1. The summed E-state index contributed by atoms with van der Waals surface area (Å²) in [6, 6.07) is 10.1. The molecule has 1 aliphatic heterocycles. The number of methoxy groups -OCH3 is 1. The minimum atomic E-state index is -0.150. The molecule has 1 aromatic heterocycles. The van der Waals surface area contributed by atoms with Crippen molar-refractivity contribution in [1.82, 2.24) is 4.98 Å². The van der Waals surface area contributed by atoms with Crippen molar-refractivity contribution in [3.63, 3.8) is 0 Å². The number of nitrogens with zero attached hydrogens (tertiary/aromatic N) is 1. The summed E-state index contributed by atoms with van der Waals surface area (Å²) in [5, 5.41) is 1.17. The van der Waals surface area contributed by atoms with Crippen molar-refractivity contribution >= 4 is 22.7 Å². The van der Waals surface area contributed by atoms with Gasteiger partial charge in [-0.25, -0.2) is 4.79 Å². The molecular formula is C14H16N2O2. The molecule has 1 aliphatic rings. The molecule has 0 saturated carbocycles. The zero-order chi connectivity index (χ0) is 12.5. The van der Waals surface area contributed by atoms with Gasteiger partial charge in [-0.15, -0.1) is 0 Å². The first-order chi connectivity index (χ1) is 8.79. The molecule has 1 aromatic carbocycles. The Morgan fingerprint density at radius 1 is 1.44 bits per heavy atom. The quantitative estimate of drug-likeness (QED) is 0.824. The molecule has 4 nitrogen and oxygen atoms in total. The molecule has 18 heavy (non-hydrogen) atoms. The Hall–Kier alpha value is -1.97. The summed E-state index contributed by atoms with van der Waals surface area (Å²) in [5.74, 6) is 0.857. The van der Waals surface area contributed by atoms with Gasteiger partial charge >= 0.3 is 5.97 Å². The van der Waals surface area contributed by atoms with Crippen LogP contribution in [0.15, 0.2) is 30.3 Å². The van der Waals surface area contributed by atoms with E-state index in [1.807, 2.05) is 18.2 Å². The number of H-pyrrole nitrogens is 1. The van der Waals surface area contributed by atoms with Crippen LogP contribution in [0.3, 0.4) is 0 Å². The van der Waals surface area contributed by atoms with E-state index >= 15 is 0 Å². The highest BCUT2D eigenvalue weighted by atomic mass is 16.5. The molecule has 1 saturated heterocycles. The Kier molecular flexibility index (Phi) is 2.70. The molecule has 4 heteroatoms. The number of rotatable bonds is 2. The molecule has 3 rings (SSSR count). The maximum atomic E-state index is 11.7. The SMILES string of the molecule is COC(=O)[C@@H]1CCCN1c1cc2ccccc2[nH]1. The lowest BCUT2D eigenvalue weighted by Crippen LogP contribution is -2.37. The van der Waals surface area contributed by atoms with E-state index < -0.39 is 0 Å². The van der Waals surface area contributed by atoms with Crippen LogP contribution >= 0.6 is 0 Å². The van der Waals surface area contributed by atoms with Crippen LogP contribution in [0.4, 0.5) is 5.82 Å². The Labute approximate surface area is 106 Å². The smallest absolute Gasteiger partial charge is 0.328 e. The van der Waals surface area contributed by atoms with Gasteiger partial charge in [0.15, 0.2) is 0 Å². The summed E-state index contributed by atoms with van der Waals surface area (Å²) in [7, 11) is 1.45. The van der Waals surface area contributed by atoms with Crippen LogP contribution < -0.4 is 4.90 Å². The third-order valence-corrected chi connectivity index (χ3v) is 3.55. The highest BCUT2D eigenvalue weighted by molar-refractivity contribution is 5.86. The number of hydrogen-bond acceptors (Lipinski definition) is 3. The molecule has 0 radical (unpaired) electrons. The number of para-hydroxylation sites is 1. The summed E-state index contributed by atoms with van der Waals surface area (Å²) in [5.41, 5.74) is 1.10. The van der Waals surface area contributed by atoms with Crippen LogP contribution in [0.25, 0.3) is 10.9 Å². The van der Waals surface area contributed by atoms with E-state index in [1.54, 1.807) is 0 Å². The maximum Gasteiger partial charge on any atom is 0.328 e. The number of ether oxygens (including phenoxy) is 1. The van der Waals surface area contributed by atoms with Crippen molar-refractivity contribution in [2.24, 2.45) is 0 Å². The Bertz CT molecular complexity index is 543. The molecule has 1 fully saturated rings. The molecule has 0 bridgehead atoms. The van der Waals surface area contributed by atoms with Crippen molar-refractivity contribution in [3.8, 4) is 0 Å². The second-order valence-electron chi connectivity index (χ2n) is 4.62. The van der Waals surface area contributed by atoms with Crippen molar-refractivity contribution in [1.29, 1.82) is 0 Å². The first-order valence-electron chi connectivity index (χ1n) is 6.22. The highest BCUT2D eigenvalue weighted by Gasteiger charge is 2.32. The number of nitrogens with one attached hydrogen (secondary N) is 1. The molecule has 0 amide bonds. The molecule has 1 atom stereocenters. The van der Waals surface area contributed by atoms with Crippen molar-refractivity contribution in [3.05, 3.63) is 30.3 Å². The van der Waals surface area contributed by atoms with E-state index in [0.29, 0.717) is 0 Å². The van der Waals surface area contributed by atoms with Crippen LogP contribution in [-0.2, 0) is 9.53 Å². The third kappa shape index (κ3) is 1.74. The molecule has 1 N–H and O–H groups in total. The summed E-state index contributed by atoms with van der Waals surface area (Å²) >= 11 is 0. The Morgan fingerprint density at radius 2 is 2.28 bits per heavy atom. The number of anilines is 1. The molecule has 94 valence electrons.